The van der Waals surface area contributed by atoms with Gasteiger partial charge in [-0.1, -0.05) is 13.8 Å². The summed E-state index contributed by atoms with van der Waals surface area (Å²) < 4.78 is 1.89. The van der Waals surface area contributed by atoms with Crippen molar-refractivity contribution in [3.8, 4) is 0 Å². The third-order valence-corrected chi connectivity index (χ3v) is 4.96. The zero-order chi connectivity index (χ0) is 17.5. The van der Waals surface area contributed by atoms with Gasteiger partial charge >= 0.3 is 0 Å². The predicted octanol–water partition coefficient (Wildman–Crippen LogP) is 2.52. The van der Waals surface area contributed by atoms with Gasteiger partial charge in [-0.25, -0.2) is 0 Å². The van der Waals surface area contributed by atoms with Gasteiger partial charge in [0.05, 0.1) is 12.7 Å². The highest BCUT2D eigenvalue weighted by Crippen LogP contribution is 2.26. The Morgan fingerprint density at radius 1 is 1.40 bits per heavy atom. The van der Waals surface area contributed by atoms with Crippen LogP contribution >= 0.6 is 24.0 Å². The fraction of sp³-hybridized carbons (Fsp3) is 0.778. The van der Waals surface area contributed by atoms with Crippen LogP contribution in [0.5, 0.6) is 0 Å². The van der Waals surface area contributed by atoms with E-state index in [1.54, 1.807) is 0 Å². The smallest absolute Gasteiger partial charge is 0.193 e. The average Bonchev–Trinajstić information content (AvgIpc) is 3.21. The summed E-state index contributed by atoms with van der Waals surface area (Å²) in [4.78, 5) is 9.77. The van der Waals surface area contributed by atoms with Crippen molar-refractivity contribution in [1.82, 2.24) is 24.9 Å². The zero-order valence-corrected chi connectivity index (χ0v) is 18.7. The van der Waals surface area contributed by atoms with Crippen LogP contribution < -0.4 is 5.32 Å². The lowest BCUT2D eigenvalue weighted by Crippen LogP contribution is -2.41. The van der Waals surface area contributed by atoms with Crippen LogP contribution in [-0.2, 0) is 7.05 Å². The third kappa shape index (κ3) is 6.13. The Balaban J connectivity index is 0.00000312. The first-order valence-electron chi connectivity index (χ1n) is 9.34. The maximum Gasteiger partial charge on any atom is 0.193 e. The fourth-order valence-electron chi connectivity index (χ4n) is 3.48. The summed E-state index contributed by atoms with van der Waals surface area (Å²) in [7, 11) is 1.98. The van der Waals surface area contributed by atoms with E-state index >= 15 is 0 Å². The van der Waals surface area contributed by atoms with Crippen LogP contribution in [0.2, 0.25) is 0 Å². The van der Waals surface area contributed by atoms with Gasteiger partial charge in [-0.05, 0) is 38.9 Å². The van der Waals surface area contributed by atoms with E-state index in [0.29, 0.717) is 12.0 Å². The largest absolute Gasteiger partial charge is 0.357 e. The number of guanidine groups is 1. The minimum atomic E-state index is 0. The Morgan fingerprint density at radius 2 is 2.12 bits per heavy atom. The van der Waals surface area contributed by atoms with Gasteiger partial charge in [0, 0.05) is 44.8 Å². The molecule has 0 aliphatic carbocycles. The molecule has 2 heterocycles. The minimum Gasteiger partial charge on any atom is -0.357 e. The summed E-state index contributed by atoms with van der Waals surface area (Å²) in [6.07, 6.45) is 5.31. The predicted molar refractivity (Wildman–Crippen MR) is 116 cm³/mol. The molecule has 25 heavy (non-hydrogen) atoms. The minimum absolute atomic E-state index is 0. The van der Waals surface area contributed by atoms with Crippen molar-refractivity contribution in [2.75, 3.05) is 39.3 Å². The van der Waals surface area contributed by atoms with Gasteiger partial charge in [-0.15, -0.1) is 24.0 Å². The standard InChI is InChI=1S/C18H34N6.HI/c1-6-19-18(20-11-15(4)23(7-2)8-3)24-10-9-16(14-24)17-12-21-22(5)13-17;/h12-13,15-16H,6-11,14H2,1-5H3,(H,19,20);1H. The SMILES string of the molecule is CCNC(=NCC(C)N(CC)CC)N1CCC(c2cnn(C)c2)C1.I. The summed E-state index contributed by atoms with van der Waals surface area (Å²) in [5, 5.41) is 7.78. The molecule has 1 aliphatic rings. The molecule has 0 saturated carbocycles. The van der Waals surface area contributed by atoms with Crippen LogP contribution in [0.4, 0.5) is 0 Å². The second-order valence-electron chi connectivity index (χ2n) is 6.64. The van der Waals surface area contributed by atoms with Gasteiger partial charge in [-0.3, -0.25) is 14.6 Å². The number of halogens is 1. The molecule has 0 amide bonds. The highest BCUT2D eigenvalue weighted by molar-refractivity contribution is 14.0. The number of hydrogen-bond acceptors (Lipinski definition) is 3. The Labute approximate surface area is 170 Å². The molecular formula is C18H35IN6. The van der Waals surface area contributed by atoms with Gasteiger partial charge in [0.25, 0.3) is 0 Å². The van der Waals surface area contributed by atoms with Crippen molar-refractivity contribution in [3.05, 3.63) is 18.0 Å². The first-order chi connectivity index (χ1) is 11.6. The lowest BCUT2D eigenvalue weighted by molar-refractivity contribution is 0.236. The molecule has 1 aromatic heterocycles. The lowest BCUT2D eigenvalue weighted by atomic mass is 10.0. The quantitative estimate of drug-likeness (QED) is 0.385. The van der Waals surface area contributed by atoms with Gasteiger partial charge in [0.15, 0.2) is 5.96 Å². The van der Waals surface area contributed by atoms with Crippen LogP contribution in [0.15, 0.2) is 17.4 Å². The number of nitrogens with one attached hydrogen (secondary N) is 1. The number of rotatable bonds is 7. The monoisotopic (exact) mass is 462 g/mol. The second-order valence-corrected chi connectivity index (χ2v) is 6.64. The molecule has 0 spiro atoms. The third-order valence-electron chi connectivity index (χ3n) is 4.96. The highest BCUT2D eigenvalue weighted by atomic mass is 127. The molecule has 1 saturated heterocycles. The van der Waals surface area contributed by atoms with E-state index in [9.17, 15) is 0 Å². The molecule has 0 aromatic carbocycles. The molecule has 1 fully saturated rings. The molecule has 0 bridgehead atoms. The molecule has 1 aliphatic heterocycles. The number of hydrogen-bond donors (Lipinski definition) is 1. The number of likely N-dealkylation sites (tertiary alicyclic amines) is 1. The maximum absolute atomic E-state index is 4.91. The Kier molecular flexibility index (Phi) is 9.78. The van der Waals surface area contributed by atoms with E-state index in [1.165, 1.54) is 12.0 Å². The van der Waals surface area contributed by atoms with Crippen LogP contribution in [0, 0.1) is 0 Å². The molecule has 2 rings (SSSR count). The summed E-state index contributed by atoms with van der Waals surface area (Å²) >= 11 is 0. The van der Waals surface area contributed by atoms with Gasteiger partial charge in [0.2, 0.25) is 0 Å². The van der Waals surface area contributed by atoms with Crippen molar-refractivity contribution in [2.24, 2.45) is 12.0 Å². The molecular weight excluding hydrogens is 427 g/mol. The second kappa shape index (κ2) is 11.0. The van der Waals surface area contributed by atoms with E-state index < -0.39 is 0 Å². The van der Waals surface area contributed by atoms with Crippen LogP contribution in [-0.4, -0.2) is 70.9 Å². The van der Waals surface area contributed by atoms with Crippen LogP contribution in [0.25, 0.3) is 0 Å². The topological polar surface area (TPSA) is 48.7 Å². The number of likely N-dealkylation sites (N-methyl/N-ethyl adjacent to an activating group) is 1. The van der Waals surface area contributed by atoms with Gasteiger partial charge in [0.1, 0.15) is 0 Å². The van der Waals surface area contributed by atoms with Crippen molar-refractivity contribution < 1.29 is 0 Å². The summed E-state index contributed by atoms with van der Waals surface area (Å²) in [6.45, 7) is 14.8. The first-order valence-corrected chi connectivity index (χ1v) is 9.34. The summed E-state index contributed by atoms with van der Waals surface area (Å²) in [6, 6.07) is 0.477. The Hall–Kier alpha value is -0.830. The molecule has 2 unspecified atom stereocenters. The normalized spacial score (nSPS) is 19.2. The number of aromatic nitrogens is 2. The zero-order valence-electron chi connectivity index (χ0n) is 16.4. The van der Waals surface area contributed by atoms with E-state index in [4.69, 9.17) is 4.99 Å². The van der Waals surface area contributed by atoms with E-state index in [-0.39, 0.29) is 24.0 Å². The molecule has 1 aromatic rings. The lowest BCUT2D eigenvalue weighted by Gasteiger charge is -2.26. The van der Waals surface area contributed by atoms with Crippen molar-refractivity contribution >= 4 is 29.9 Å². The molecule has 144 valence electrons. The molecule has 7 heteroatoms. The van der Waals surface area contributed by atoms with Crippen LogP contribution in [0.1, 0.15) is 45.6 Å². The van der Waals surface area contributed by atoms with Gasteiger partial charge in [-0.2, -0.15) is 5.10 Å². The number of aliphatic imine (C=N–C) groups is 1. The van der Waals surface area contributed by atoms with Crippen molar-refractivity contribution in [3.63, 3.8) is 0 Å². The van der Waals surface area contributed by atoms with Crippen molar-refractivity contribution in [1.29, 1.82) is 0 Å². The molecule has 0 radical (unpaired) electrons. The fourth-order valence-corrected chi connectivity index (χ4v) is 3.48. The van der Waals surface area contributed by atoms with Crippen LogP contribution in [0.3, 0.4) is 0 Å². The van der Waals surface area contributed by atoms with E-state index in [0.717, 1.165) is 45.2 Å². The molecule has 6 nitrogen and oxygen atoms in total. The van der Waals surface area contributed by atoms with Crippen molar-refractivity contribution in [2.45, 2.75) is 46.1 Å². The molecule has 2 atom stereocenters. The van der Waals surface area contributed by atoms with E-state index in [1.807, 2.05) is 17.9 Å². The average molecular weight is 462 g/mol. The molecule has 1 N–H and O–H groups in total. The highest BCUT2D eigenvalue weighted by Gasteiger charge is 2.27. The summed E-state index contributed by atoms with van der Waals surface area (Å²) in [5.74, 6) is 1.62. The Bertz CT molecular complexity index is 525. The Morgan fingerprint density at radius 3 is 2.68 bits per heavy atom. The maximum atomic E-state index is 4.91. The number of aryl methyl sites for hydroxylation is 1. The number of nitrogens with zero attached hydrogens (tertiary/aromatic N) is 5. The summed E-state index contributed by atoms with van der Waals surface area (Å²) in [5.41, 5.74) is 1.34. The first kappa shape index (κ1) is 22.2. The van der Waals surface area contributed by atoms with Gasteiger partial charge < -0.3 is 10.2 Å². The van der Waals surface area contributed by atoms with E-state index in [2.05, 4.69) is 54.1 Å².